The van der Waals surface area contributed by atoms with E-state index in [0.717, 1.165) is 0 Å². The summed E-state index contributed by atoms with van der Waals surface area (Å²) in [6.07, 6.45) is -0.492. The molecule has 6 nitrogen and oxygen atoms in total. The Morgan fingerprint density at radius 3 is 2.56 bits per heavy atom. The molecule has 0 aliphatic heterocycles. The van der Waals surface area contributed by atoms with Crippen molar-refractivity contribution in [1.29, 1.82) is 0 Å². The predicted octanol–water partition coefficient (Wildman–Crippen LogP) is 1.06. The van der Waals surface area contributed by atoms with Crippen LogP contribution in [0.4, 0.5) is 4.79 Å². The van der Waals surface area contributed by atoms with Crippen LogP contribution in [-0.4, -0.2) is 27.0 Å². The second-order valence-electron chi connectivity index (χ2n) is 4.10. The number of aliphatic hydroxyl groups is 1. The second kappa shape index (κ2) is 5.22. The molecule has 0 saturated carbocycles. The van der Waals surface area contributed by atoms with Crippen molar-refractivity contribution in [2.45, 2.75) is 39.5 Å². The third-order valence-electron chi connectivity index (χ3n) is 1.43. The minimum Gasteiger partial charge on any atom is -0.444 e. The van der Waals surface area contributed by atoms with Gasteiger partial charge in [-0.25, -0.2) is 4.79 Å². The van der Waals surface area contributed by atoms with Gasteiger partial charge in [0.1, 0.15) is 15.6 Å². The summed E-state index contributed by atoms with van der Waals surface area (Å²) in [5, 5.41) is 20.0. The maximum Gasteiger partial charge on any atom is 0.408 e. The Morgan fingerprint density at radius 1 is 1.44 bits per heavy atom. The first-order valence-electron chi connectivity index (χ1n) is 4.79. The minimum atomic E-state index is -0.512. The topological polar surface area (TPSA) is 84.3 Å². The number of aliphatic hydroxyl groups excluding tert-OH is 1. The van der Waals surface area contributed by atoms with E-state index in [1.807, 2.05) is 0 Å². The molecule has 0 bridgehead atoms. The van der Waals surface area contributed by atoms with E-state index in [9.17, 15) is 4.79 Å². The summed E-state index contributed by atoms with van der Waals surface area (Å²) in [6.45, 7) is 5.50. The minimum absolute atomic E-state index is 0.135. The van der Waals surface area contributed by atoms with Crippen LogP contribution in [0.1, 0.15) is 30.8 Å². The van der Waals surface area contributed by atoms with E-state index in [2.05, 4.69) is 15.5 Å². The number of nitrogens with zero attached hydrogens (tertiary/aromatic N) is 2. The summed E-state index contributed by atoms with van der Waals surface area (Å²) in [4.78, 5) is 11.3. The van der Waals surface area contributed by atoms with E-state index < -0.39 is 11.7 Å². The number of hydrogen-bond donors (Lipinski definition) is 2. The van der Waals surface area contributed by atoms with Crippen LogP contribution in [0.2, 0.25) is 0 Å². The fourth-order valence-corrected chi connectivity index (χ4v) is 1.53. The van der Waals surface area contributed by atoms with Crippen LogP contribution in [0.3, 0.4) is 0 Å². The van der Waals surface area contributed by atoms with Crippen LogP contribution in [0.25, 0.3) is 0 Å². The van der Waals surface area contributed by atoms with Gasteiger partial charge in [-0.3, -0.25) is 0 Å². The van der Waals surface area contributed by atoms with E-state index in [1.54, 1.807) is 20.8 Å². The lowest BCUT2D eigenvalue weighted by atomic mass is 10.2. The van der Waals surface area contributed by atoms with Crippen LogP contribution in [-0.2, 0) is 17.9 Å². The molecule has 0 aromatic carbocycles. The molecule has 0 saturated heterocycles. The molecule has 0 spiro atoms. The number of carbonyl (C=O) groups is 1. The molecule has 16 heavy (non-hydrogen) atoms. The fraction of sp³-hybridized carbons (Fsp3) is 0.667. The number of alkyl carbamates (subject to hydrolysis) is 1. The van der Waals surface area contributed by atoms with Gasteiger partial charge in [-0.15, -0.1) is 10.2 Å². The van der Waals surface area contributed by atoms with Gasteiger partial charge < -0.3 is 15.2 Å². The molecule has 1 aromatic rings. The van der Waals surface area contributed by atoms with E-state index in [4.69, 9.17) is 9.84 Å². The van der Waals surface area contributed by atoms with Crippen LogP contribution >= 0.6 is 11.3 Å². The third kappa shape index (κ3) is 4.54. The number of carbonyl (C=O) groups excluding carboxylic acids is 1. The molecule has 0 unspecified atom stereocenters. The quantitative estimate of drug-likeness (QED) is 0.831. The highest BCUT2D eigenvalue weighted by atomic mass is 32.1. The van der Waals surface area contributed by atoms with Gasteiger partial charge in [0.05, 0.1) is 13.2 Å². The molecule has 0 atom stereocenters. The first-order chi connectivity index (χ1) is 7.40. The Labute approximate surface area is 97.7 Å². The zero-order valence-corrected chi connectivity index (χ0v) is 10.3. The highest BCUT2D eigenvalue weighted by molar-refractivity contribution is 7.11. The second-order valence-corrected chi connectivity index (χ2v) is 5.25. The summed E-state index contributed by atoms with van der Waals surface area (Å²) in [6, 6.07) is 0. The Morgan fingerprint density at radius 2 is 2.06 bits per heavy atom. The van der Waals surface area contributed by atoms with Gasteiger partial charge in [0.15, 0.2) is 0 Å². The lowest BCUT2D eigenvalue weighted by molar-refractivity contribution is 0.0523. The van der Waals surface area contributed by atoms with E-state index >= 15 is 0 Å². The first kappa shape index (κ1) is 12.9. The molecule has 7 heteroatoms. The Hall–Kier alpha value is -1.21. The molecule has 1 aromatic heterocycles. The highest BCUT2D eigenvalue weighted by Crippen LogP contribution is 2.10. The van der Waals surface area contributed by atoms with Crippen molar-refractivity contribution >= 4 is 17.4 Å². The van der Waals surface area contributed by atoms with E-state index in [-0.39, 0.29) is 13.2 Å². The van der Waals surface area contributed by atoms with Crippen molar-refractivity contribution in [3.63, 3.8) is 0 Å². The zero-order chi connectivity index (χ0) is 12.2. The van der Waals surface area contributed by atoms with Crippen molar-refractivity contribution in [1.82, 2.24) is 15.5 Å². The maximum atomic E-state index is 11.3. The SMILES string of the molecule is CC(C)(C)OC(=O)NCc1nnc(CO)s1. The highest BCUT2D eigenvalue weighted by Gasteiger charge is 2.16. The lowest BCUT2D eigenvalue weighted by Crippen LogP contribution is -2.32. The standard InChI is InChI=1S/C9H15N3O3S/c1-9(2,3)15-8(14)10-4-6-11-12-7(5-13)16-6/h13H,4-5H2,1-3H3,(H,10,14). The van der Waals surface area contributed by atoms with Crippen LogP contribution in [0, 0.1) is 0 Å². The number of aromatic nitrogens is 2. The molecule has 2 N–H and O–H groups in total. The van der Waals surface area contributed by atoms with Gasteiger partial charge in [-0.05, 0) is 20.8 Å². The lowest BCUT2D eigenvalue weighted by Gasteiger charge is -2.19. The number of rotatable bonds is 3. The predicted molar refractivity (Wildman–Crippen MR) is 58.9 cm³/mol. The molecule has 90 valence electrons. The summed E-state index contributed by atoms with van der Waals surface area (Å²) in [5.41, 5.74) is -0.512. The normalized spacial score (nSPS) is 11.2. The zero-order valence-electron chi connectivity index (χ0n) is 9.48. The molecule has 1 amide bonds. The van der Waals surface area contributed by atoms with Crippen molar-refractivity contribution in [2.24, 2.45) is 0 Å². The van der Waals surface area contributed by atoms with Crippen molar-refractivity contribution in [3.8, 4) is 0 Å². The van der Waals surface area contributed by atoms with Gasteiger partial charge in [0.25, 0.3) is 0 Å². The summed E-state index contributed by atoms with van der Waals surface area (Å²) >= 11 is 1.25. The Balaban J connectivity index is 2.37. The van der Waals surface area contributed by atoms with Gasteiger partial charge in [-0.1, -0.05) is 11.3 Å². The number of hydrogen-bond acceptors (Lipinski definition) is 6. The maximum absolute atomic E-state index is 11.3. The van der Waals surface area contributed by atoms with Crippen LogP contribution in [0.15, 0.2) is 0 Å². The molecular weight excluding hydrogens is 230 g/mol. The van der Waals surface area contributed by atoms with E-state index in [1.165, 1.54) is 11.3 Å². The van der Waals surface area contributed by atoms with Gasteiger partial charge in [0, 0.05) is 0 Å². The third-order valence-corrected chi connectivity index (χ3v) is 2.33. The van der Waals surface area contributed by atoms with Crippen LogP contribution < -0.4 is 5.32 Å². The first-order valence-corrected chi connectivity index (χ1v) is 5.61. The van der Waals surface area contributed by atoms with Crippen molar-refractivity contribution in [3.05, 3.63) is 10.0 Å². The number of ether oxygens (including phenoxy) is 1. The fourth-order valence-electron chi connectivity index (χ4n) is 0.886. The molecular formula is C9H15N3O3S. The monoisotopic (exact) mass is 245 g/mol. The van der Waals surface area contributed by atoms with Gasteiger partial charge >= 0.3 is 6.09 Å². The molecule has 0 aliphatic carbocycles. The van der Waals surface area contributed by atoms with Gasteiger partial charge in [0.2, 0.25) is 0 Å². The molecule has 1 heterocycles. The molecule has 0 aliphatic rings. The van der Waals surface area contributed by atoms with Gasteiger partial charge in [-0.2, -0.15) is 0 Å². The Kier molecular flexibility index (Phi) is 4.19. The number of amides is 1. The average Bonchev–Trinajstić information content (AvgIpc) is 2.59. The summed E-state index contributed by atoms with van der Waals surface area (Å²) < 4.78 is 5.05. The summed E-state index contributed by atoms with van der Waals surface area (Å²) in [7, 11) is 0. The smallest absolute Gasteiger partial charge is 0.408 e. The molecule has 1 rings (SSSR count). The molecule has 0 radical (unpaired) electrons. The summed E-state index contributed by atoms with van der Waals surface area (Å²) in [5.74, 6) is 0. The van der Waals surface area contributed by atoms with E-state index in [0.29, 0.717) is 10.0 Å². The van der Waals surface area contributed by atoms with Crippen molar-refractivity contribution in [2.75, 3.05) is 0 Å². The number of nitrogens with one attached hydrogen (secondary N) is 1. The van der Waals surface area contributed by atoms with Crippen molar-refractivity contribution < 1.29 is 14.6 Å². The van der Waals surface area contributed by atoms with Crippen LogP contribution in [0.5, 0.6) is 0 Å². The average molecular weight is 245 g/mol. The largest absolute Gasteiger partial charge is 0.444 e. The molecule has 0 fully saturated rings. The Bertz CT molecular complexity index is 359.